The molecule has 2 rings (SSSR count). The van der Waals surface area contributed by atoms with Crippen LogP contribution in [0.3, 0.4) is 0 Å². The monoisotopic (exact) mass is 431 g/mol. The number of nitrogens with zero attached hydrogens (tertiary/aromatic N) is 1. The molecule has 0 bridgehead atoms. The summed E-state index contributed by atoms with van der Waals surface area (Å²) in [5, 5.41) is 2.64. The van der Waals surface area contributed by atoms with Gasteiger partial charge in [0.15, 0.2) is 0 Å². The molecule has 0 unspecified atom stereocenters. The van der Waals surface area contributed by atoms with Crippen LogP contribution in [0.15, 0.2) is 42.5 Å². The summed E-state index contributed by atoms with van der Waals surface area (Å²) in [6.07, 6.45) is 1.49. The lowest BCUT2D eigenvalue weighted by molar-refractivity contribution is 0.102. The second-order valence-electron chi connectivity index (χ2n) is 5.78. The van der Waals surface area contributed by atoms with Gasteiger partial charge in [-0.2, -0.15) is 3.71 Å². The topological polar surface area (TPSA) is 127 Å². The van der Waals surface area contributed by atoms with E-state index in [2.05, 4.69) is 5.32 Å². The van der Waals surface area contributed by atoms with Crippen molar-refractivity contribution in [3.05, 3.63) is 58.6 Å². The van der Waals surface area contributed by atoms with Crippen LogP contribution in [0.2, 0.25) is 5.02 Å². The van der Waals surface area contributed by atoms with E-state index in [1.54, 1.807) is 24.3 Å². The SMILES string of the molecule is CS(=O)(=O)N(c1cc(Cl)cc(C(=O)Nc2cccc(CN)c2)c1)S(C)(=O)=O. The Kier molecular flexibility index (Phi) is 6.15. The molecule has 0 radical (unpaired) electrons. The molecule has 0 aromatic heterocycles. The van der Waals surface area contributed by atoms with Crippen molar-refractivity contribution in [2.24, 2.45) is 5.73 Å². The fourth-order valence-electron chi connectivity index (χ4n) is 2.42. The van der Waals surface area contributed by atoms with E-state index in [0.29, 0.717) is 12.2 Å². The normalized spacial score (nSPS) is 11.9. The molecule has 11 heteroatoms. The van der Waals surface area contributed by atoms with E-state index >= 15 is 0 Å². The smallest absolute Gasteiger partial charge is 0.255 e. The highest BCUT2D eigenvalue weighted by atomic mass is 35.5. The zero-order valence-corrected chi connectivity index (χ0v) is 16.9. The van der Waals surface area contributed by atoms with Gasteiger partial charge in [-0.15, -0.1) is 0 Å². The third-order valence-corrected chi connectivity index (χ3v) is 6.85. The predicted octanol–water partition coefficient (Wildman–Crippen LogP) is 1.78. The molecular formula is C16H18ClN3O5S2. The lowest BCUT2D eigenvalue weighted by Crippen LogP contribution is -2.35. The van der Waals surface area contributed by atoms with Gasteiger partial charge in [0, 0.05) is 22.8 Å². The summed E-state index contributed by atoms with van der Waals surface area (Å²) in [7, 11) is -8.32. The number of hydrogen-bond acceptors (Lipinski definition) is 6. The molecule has 3 N–H and O–H groups in total. The maximum atomic E-state index is 12.5. The number of rotatable bonds is 6. The van der Waals surface area contributed by atoms with E-state index in [1.807, 2.05) is 0 Å². The minimum atomic E-state index is -4.16. The van der Waals surface area contributed by atoms with Crippen molar-refractivity contribution in [3.8, 4) is 0 Å². The van der Waals surface area contributed by atoms with E-state index < -0.39 is 26.0 Å². The van der Waals surface area contributed by atoms with Gasteiger partial charge in [0.1, 0.15) is 0 Å². The Morgan fingerprint density at radius 2 is 1.70 bits per heavy atom. The molecule has 27 heavy (non-hydrogen) atoms. The van der Waals surface area contributed by atoms with Crippen LogP contribution >= 0.6 is 11.6 Å². The molecule has 0 saturated carbocycles. The first-order valence-electron chi connectivity index (χ1n) is 7.53. The summed E-state index contributed by atoms with van der Waals surface area (Å²) in [6.45, 7) is 0.294. The zero-order valence-electron chi connectivity index (χ0n) is 14.5. The maximum absolute atomic E-state index is 12.5. The summed E-state index contributed by atoms with van der Waals surface area (Å²) < 4.78 is 47.9. The van der Waals surface area contributed by atoms with Gasteiger partial charge < -0.3 is 11.1 Å². The number of benzene rings is 2. The van der Waals surface area contributed by atoms with E-state index in [-0.39, 0.29) is 20.0 Å². The predicted molar refractivity (Wildman–Crippen MR) is 106 cm³/mol. The Balaban J connectivity index is 2.45. The van der Waals surface area contributed by atoms with Crippen LogP contribution < -0.4 is 14.8 Å². The van der Waals surface area contributed by atoms with Crippen molar-refractivity contribution in [2.75, 3.05) is 21.5 Å². The number of carbonyl (C=O) groups is 1. The molecule has 0 aliphatic carbocycles. The van der Waals surface area contributed by atoms with Crippen LogP contribution in [0.1, 0.15) is 15.9 Å². The number of sulfonamides is 2. The highest BCUT2D eigenvalue weighted by molar-refractivity contribution is 8.09. The van der Waals surface area contributed by atoms with Gasteiger partial charge in [-0.25, -0.2) is 16.8 Å². The first-order chi connectivity index (χ1) is 12.4. The number of halogens is 1. The third kappa shape index (κ3) is 5.42. The molecule has 146 valence electrons. The second-order valence-corrected chi connectivity index (χ2v) is 10.1. The lowest BCUT2D eigenvalue weighted by Gasteiger charge is -2.20. The van der Waals surface area contributed by atoms with Gasteiger partial charge in [0.25, 0.3) is 5.91 Å². The summed E-state index contributed by atoms with van der Waals surface area (Å²) in [5.41, 5.74) is 6.59. The number of nitrogens with two attached hydrogens (primary N) is 1. The van der Waals surface area contributed by atoms with Gasteiger partial charge in [-0.3, -0.25) is 4.79 Å². The summed E-state index contributed by atoms with van der Waals surface area (Å²) >= 11 is 5.98. The van der Waals surface area contributed by atoms with Crippen LogP contribution in [0.4, 0.5) is 11.4 Å². The van der Waals surface area contributed by atoms with Crippen molar-refractivity contribution >= 4 is 48.9 Å². The number of amides is 1. The average Bonchev–Trinajstić information content (AvgIpc) is 2.51. The minimum Gasteiger partial charge on any atom is -0.326 e. The Bertz CT molecular complexity index is 1050. The van der Waals surface area contributed by atoms with Crippen LogP contribution in [0, 0.1) is 0 Å². The molecule has 0 heterocycles. The molecule has 2 aromatic carbocycles. The minimum absolute atomic E-state index is 0.00524. The van der Waals surface area contributed by atoms with Crippen LogP contribution in [0.25, 0.3) is 0 Å². The summed E-state index contributed by atoms with van der Waals surface area (Å²) in [5.74, 6) is -0.588. The molecule has 0 aliphatic rings. The van der Waals surface area contributed by atoms with Gasteiger partial charge >= 0.3 is 0 Å². The Labute approximate surface area is 163 Å². The Morgan fingerprint density at radius 1 is 1.07 bits per heavy atom. The van der Waals surface area contributed by atoms with Gasteiger partial charge in [0.2, 0.25) is 20.0 Å². The lowest BCUT2D eigenvalue weighted by atomic mass is 10.1. The first kappa shape index (κ1) is 21.2. The van der Waals surface area contributed by atoms with Crippen LogP contribution in [0.5, 0.6) is 0 Å². The van der Waals surface area contributed by atoms with E-state index in [9.17, 15) is 21.6 Å². The van der Waals surface area contributed by atoms with Crippen molar-refractivity contribution in [1.29, 1.82) is 0 Å². The standard InChI is InChI=1S/C16H18ClN3O5S2/c1-26(22,23)20(27(2,24)25)15-8-12(7-13(17)9-15)16(21)19-14-5-3-4-11(6-14)10-18/h3-9H,10,18H2,1-2H3,(H,19,21). The van der Waals surface area contributed by atoms with Crippen LogP contribution in [-0.2, 0) is 26.6 Å². The zero-order chi connectivity index (χ0) is 20.4. The molecule has 0 spiro atoms. The van der Waals surface area contributed by atoms with Crippen molar-refractivity contribution in [1.82, 2.24) is 0 Å². The van der Waals surface area contributed by atoms with E-state index in [1.165, 1.54) is 6.07 Å². The number of hydrogen-bond donors (Lipinski definition) is 2. The number of carbonyl (C=O) groups excluding carboxylic acids is 1. The summed E-state index contributed by atoms with van der Waals surface area (Å²) in [4.78, 5) is 12.5. The van der Waals surface area contributed by atoms with E-state index in [0.717, 1.165) is 30.2 Å². The molecule has 2 aromatic rings. The fourth-order valence-corrected chi connectivity index (χ4v) is 5.59. The molecule has 0 fully saturated rings. The van der Waals surface area contributed by atoms with Crippen molar-refractivity contribution < 1.29 is 21.6 Å². The molecule has 0 atom stereocenters. The molecule has 1 amide bonds. The maximum Gasteiger partial charge on any atom is 0.255 e. The molecule has 0 aliphatic heterocycles. The quantitative estimate of drug-likeness (QED) is 0.717. The Hall–Kier alpha value is -2.14. The highest BCUT2D eigenvalue weighted by Gasteiger charge is 2.28. The molecular weight excluding hydrogens is 414 g/mol. The van der Waals surface area contributed by atoms with Gasteiger partial charge in [0.05, 0.1) is 18.2 Å². The molecule has 0 saturated heterocycles. The Morgan fingerprint density at radius 3 is 2.26 bits per heavy atom. The fraction of sp³-hybridized carbons (Fsp3) is 0.188. The van der Waals surface area contributed by atoms with Gasteiger partial charge in [-0.1, -0.05) is 23.7 Å². The van der Waals surface area contributed by atoms with E-state index in [4.69, 9.17) is 17.3 Å². The van der Waals surface area contributed by atoms with Crippen molar-refractivity contribution in [3.63, 3.8) is 0 Å². The van der Waals surface area contributed by atoms with Crippen molar-refractivity contribution in [2.45, 2.75) is 6.54 Å². The average molecular weight is 432 g/mol. The van der Waals surface area contributed by atoms with Crippen LogP contribution in [-0.4, -0.2) is 35.3 Å². The largest absolute Gasteiger partial charge is 0.326 e. The summed E-state index contributed by atoms with van der Waals surface area (Å²) in [6, 6.07) is 10.4. The van der Waals surface area contributed by atoms with Gasteiger partial charge in [-0.05, 0) is 35.9 Å². The number of nitrogens with one attached hydrogen (secondary N) is 1. The molecule has 8 nitrogen and oxygen atoms in total. The number of anilines is 2. The first-order valence-corrected chi connectivity index (χ1v) is 11.6. The second kappa shape index (κ2) is 7.85. The highest BCUT2D eigenvalue weighted by Crippen LogP contribution is 2.27. The third-order valence-electron chi connectivity index (χ3n) is 3.38.